The Bertz CT molecular complexity index is 652. The normalized spacial score (nSPS) is 17.6. The summed E-state index contributed by atoms with van der Waals surface area (Å²) in [4.78, 5) is 16.4. The van der Waals surface area contributed by atoms with Gasteiger partial charge in [-0.3, -0.25) is 14.5 Å². The van der Waals surface area contributed by atoms with Gasteiger partial charge in [0.1, 0.15) is 0 Å². The summed E-state index contributed by atoms with van der Waals surface area (Å²) in [6.07, 6.45) is 10.00. The minimum absolute atomic E-state index is 0.0245. The number of pyridine rings is 1. The van der Waals surface area contributed by atoms with Crippen LogP contribution in [-0.4, -0.2) is 20.7 Å². The zero-order valence-corrected chi connectivity index (χ0v) is 12.7. The molecule has 0 fully saturated rings. The van der Waals surface area contributed by atoms with E-state index in [0.29, 0.717) is 5.56 Å². The highest BCUT2D eigenvalue weighted by molar-refractivity contribution is 9.10. The summed E-state index contributed by atoms with van der Waals surface area (Å²) in [5.41, 5.74) is 2.95. The fraction of sp³-hybridized carbons (Fsp3) is 0.357. The van der Waals surface area contributed by atoms with E-state index in [2.05, 4.69) is 31.3 Å². The maximum Gasteiger partial charge on any atom is 0.254 e. The Morgan fingerprint density at radius 2 is 2.30 bits per heavy atom. The monoisotopic (exact) mass is 334 g/mol. The standard InChI is InChI=1S/C14H15BrN4O/c1-19-8-9(5-17-19)14(20)18-13-4-2-3-10-11(13)6-16-7-12(10)15/h5-8,13H,2-4H2,1H3,(H,18,20). The van der Waals surface area contributed by atoms with E-state index in [1.165, 1.54) is 5.56 Å². The second-order valence-electron chi connectivity index (χ2n) is 5.01. The summed E-state index contributed by atoms with van der Waals surface area (Å²) in [7, 11) is 1.80. The van der Waals surface area contributed by atoms with Crippen molar-refractivity contribution in [2.75, 3.05) is 0 Å². The van der Waals surface area contributed by atoms with Crippen molar-refractivity contribution < 1.29 is 4.79 Å². The molecule has 2 heterocycles. The number of carbonyl (C=O) groups is 1. The highest BCUT2D eigenvalue weighted by Gasteiger charge is 2.24. The van der Waals surface area contributed by atoms with Crippen molar-refractivity contribution in [2.45, 2.75) is 25.3 Å². The number of fused-ring (bicyclic) bond motifs is 1. The van der Waals surface area contributed by atoms with Crippen LogP contribution in [-0.2, 0) is 13.5 Å². The molecule has 0 aliphatic heterocycles. The maximum absolute atomic E-state index is 12.2. The highest BCUT2D eigenvalue weighted by atomic mass is 79.9. The van der Waals surface area contributed by atoms with Crippen LogP contribution in [0.3, 0.4) is 0 Å². The number of nitrogens with zero attached hydrogens (tertiary/aromatic N) is 3. The second kappa shape index (κ2) is 5.36. The zero-order chi connectivity index (χ0) is 14.1. The summed E-state index contributed by atoms with van der Waals surface area (Å²) in [5.74, 6) is -0.0871. The molecule has 1 amide bonds. The molecule has 5 nitrogen and oxygen atoms in total. The summed E-state index contributed by atoms with van der Waals surface area (Å²) >= 11 is 3.54. The second-order valence-corrected chi connectivity index (χ2v) is 5.86. The molecule has 1 aliphatic rings. The molecule has 0 spiro atoms. The Hall–Kier alpha value is -1.69. The molecule has 1 N–H and O–H groups in total. The summed E-state index contributed by atoms with van der Waals surface area (Å²) in [6, 6.07) is 0.0245. The number of carbonyl (C=O) groups excluding carboxylic acids is 1. The first-order chi connectivity index (χ1) is 9.65. The molecular formula is C14H15BrN4O. The van der Waals surface area contributed by atoms with Crippen LogP contribution >= 0.6 is 15.9 Å². The van der Waals surface area contributed by atoms with Crippen LogP contribution in [0, 0.1) is 0 Å². The van der Waals surface area contributed by atoms with Gasteiger partial charge in [-0.05, 0) is 46.3 Å². The van der Waals surface area contributed by atoms with Crippen LogP contribution in [0.2, 0.25) is 0 Å². The van der Waals surface area contributed by atoms with Gasteiger partial charge >= 0.3 is 0 Å². The third kappa shape index (κ3) is 2.47. The molecule has 20 heavy (non-hydrogen) atoms. The van der Waals surface area contributed by atoms with Crippen LogP contribution in [0.25, 0.3) is 0 Å². The Morgan fingerprint density at radius 3 is 3.05 bits per heavy atom. The van der Waals surface area contributed by atoms with E-state index in [9.17, 15) is 4.79 Å². The van der Waals surface area contributed by atoms with E-state index >= 15 is 0 Å². The molecule has 3 rings (SSSR count). The average Bonchev–Trinajstić information content (AvgIpc) is 2.87. The van der Waals surface area contributed by atoms with Gasteiger partial charge in [-0.2, -0.15) is 5.10 Å². The van der Waals surface area contributed by atoms with Crippen LogP contribution in [0.4, 0.5) is 0 Å². The third-order valence-electron chi connectivity index (χ3n) is 3.61. The lowest BCUT2D eigenvalue weighted by molar-refractivity contribution is 0.0932. The SMILES string of the molecule is Cn1cc(C(=O)NC2CCCc3c(Br)cncc32)cn1. The van der Waals surface area contributed by atoms with E-state index in [-0.39, 0.29) is 11.9 Å². The van der Waals surface area contributed by atoms with Crippen molar-refractivity contribution in [3.05, 3.63) is 46.0 Å². The van der Waals surface area contributed by atoms with Crippen LogP contribution < -0.4 is 5.32 Å². The maximum atomic E-state index is 12.2. The molecule has 0 saturated heterocycles. The van der Waals surface area contributed by atoms with E-state index in [4.69, 9.17) is 0 Å². The summed E-state index contributed by atoms with van der Waals surface area (Å²) < 4.78 is 2.65. The molecule has 1 atom stereocenters. The van der Waals surface area contributed by atoms with Gasteiger partial charge in [0.05, 0.1) is 17.8 Å². The van der Waals surface area contributed by atoms with Gasteiger partial charge in [-0.1, -0.05) is 0 Å². The van der Waals surface area contributed by atoms with Crippen molar-refractivity contribution in [2.24, 2.45) is 7.05 Å². The van der Waals surface area contributed by atoms with Gasteiger partial charge in [0.2, 0.25) is 0 Å². The summed E-state index contributed by atoms with van der Waals surface area (Å²) in [6.45, 7) is 0. The first kappa shape index (κ1) is 13.3. The predicted molar refractivity (Wildman–Crippen MR) is 78.3 cm³/mol. The van der Waals surface area contributed by atoms with Crippen molar-refractivity contribution in [3.8, 4) is 0 Å². The van der Waals surface area contributed by atoms with E-state index in [0.717, 1.165) is 29.3 Å². The number of halogens is 1. The van der Waals surface area contributed by atoms with Gasteiger partial charge in [0, 0.05) is 30.1 Å². The van der Waals surface area contributed by atoms with Gasteiger partial charge in [0.15, 0.2) is 0 Å². The van der Waals surface area contributed by atoms with Crippen molar-refractivity contribution in [1.82, 2.24) is 20.1 Å². The van der Waals surface area contributed by atoms with Crippen LogP contribution in [0.5, 0.6) is 0 Å². The van der Waals surface area contributed by atoms with Gasteiger partial charge < -0.3 is 5.32 Å². The molecule has 104 valence electrons. The Morgan fingerprint density at radius 1 is 1.45 bits per heavy atom. The predicted octanol–water partition coefficient (Wildman–Crippen LogP) is 2.39. The molecule has 1 unspecified atom stereocenters. The van der Waals surface area contributed by atoms with E-state index in [1.54, 1.807) is 24.1 Å². The molecule has 0 saturated carbocycles. The molecule has 0 aromatic carbocycles. The lowest BCUT2D eigenvalue weighted by atomic mass is 9.89. The number of aryl methyl sites for hydroxylation is 1. The molecule has 2 aromatic rings. The Kier molecular flexibility index (Phi) is 3.56. The molecule has 0 bridgehead atoms. The van der Waals surface area contributed by atoms with Crippen LogP contribution in [0.15, 0.2) is 29.3 Å². The van der Waals surface area contributed by atoms with Gasteiger partial charge in [0.25, 0.3) is 5.91 Å². The quantitative estimate of drug-likeness (QED) is 0.917. The fourth-order valence-corrected chi connectivity index (χ4v) is 3.15. The van der Waals surface area contributed by atoms with Crippen molar-refractivity contribution in [3.63, 3.8) is 0 Å². The lowest BCUT2D eigenvalue weighted by Gasteiger charge is -2.26. The van der Waals surface area contributed by atoms with Gasteiger partial charge in [-0.15, -0.1) is 0 Å². The highest BCUT2D eigenvalue weighted by Crippen LogP contribution is 2.33. The minimum atomic E-state index is -0.0871. The number of rotatable bonds is 2. The fourth-order valence-electron chi connectivity index (χ4n) is 2.61. The third-order valence-corrected chi connectivity index (χ3v) is 4.29. The first-order valence-electron chi connectivity index (χ1n) is 6.57. The Balaban J connectivity index is 1.83. The van der Waals surface area contributed by atoms with Crippen molar-refractivity contribution >= 4 is 21.8 Å². The molecule has 6 heteroatoms. The molecule has 2 aromatic heterocycles. The molecule has 1 aliphatic carbocycles. The largest absolute Gasteiger partial charge is 0.345 e. The zero-order valence-electron chi connectivity index (χ0n) is 11.1. The van der Waals surface area contributed by atoms with Gasteiger partial charge in [-0.25, -0.2) is 0 Å². The number of hydrogen-bond acceptors (Lipinski definition) is 3. The average molecular weight is 335 g/mol. The topological polar surface area (TPSA) is 59.8 Å². The van der Waals surface area contributed by atoms with E-state index < -0.39 is 0 Å². The molecule has 0 radical (unpaired) electrons. The molecular weight excluding hydrogens is 320 g/mol. The van der Waals surface area contributed by atoms with Crippen molar-refractivity contribution in [1.29, 1.82) is 0 Å². The smallest absolute Gasteiger partial charge is 0.254 e. The number of nitrogens with one attached hydrogen (secondary N) is 1. The first-order valence-corrected chi connectivity index (χ1v) is 7.36. The van der Waals surface area contributed by atoms with E-state index in [1.807, 2.05) is 12.4 Å². The lowest BCUT2D eigenvalue weighted by Crippen LogP contribution is -2.31. The summed E-state index contributed by atoms with van der Waals surface area (Å²) in [5, 5.41) is 7.10. The number of amides is 1. The number of hydrogen-bond donors (Lipinski definition) is 1. The number of aromatic nitrogens is 3. The minimum Gasteiger partial charge on any atom is -0.345 e. The van der Waals surface area contributed by atoms with Crippen LogP contribution in [0.1, 0.15) is 40.4 Å². The Labute approximate surface area is 125 Å².